The van der Waals surface area contributed by atoms with Crippen LogP contribution >= 0.6 is 0 Å². The van der Waals surface area contributed by atoms with Gasteiger partial charge in [0.15, 0.2) is 11.5 Å². The van der Waals surface area contributed by atoms with E-state index >= 15 is 0 Å². The number of amides is 1. The Morgan fingerprint density at radius 3 is 2.38 bits per heavy atom. The Kier molecular flexibility index (Phi) is 5.43. The largest absolute Gasteiger partial charge is 0.493 e. The summed E-state index contributed by atoms with van der Waals surface area (Å²) in [6, 6.07) is 10.8. The quantitative estimate of drug-likeness (QED) is 0.757. The number of carbonyl (C=O) groups excluding carboxylic acids is 1. The van der Waals surface area contributed by atoms with Crippen LogP contribution in [0.1, 0.15) is 17.5 Å². The summed E-state index contributed by atoms with van der Waals surface area (Å²) in [6.45, 7) is 0.407. The highest BCUT2D eigenvalue weighted by atomic mass is 32.2. The predicted octanol–water partition coefficient (Wildman–Crippen LogP) is 2.73. The Hall–Kier alpha value is -2.58. The van der Waals surface area contributed by atoms with E-state index in [1.54, 1.807) is 31.3 Å². The lowest BCUT2D eigenvalue weighted by atomic mass is 9.99. The molecular weight excluding hydrogens is 356 g/mol. The van der Waals surface area contributed by atoms with Gasteiger partial charge in [-0.2, -0.15) is 0 Å². The van der Waals surface area contributed by atoms with E-state index in [2.05, 4.69) is 4.72 Å². The highest BCUT2D eigenvalue weighted by Crippen LogP contribution is 2.38. The van der Waals surface area contributed by atoms with Crippen molar-refractivity contribution in [2.24, 2.45) is 0 Å². The van der Waals surface area contributed by atoms with Crippen LogP contribution in [0, 0.1) is 0 Å². The Morgan fingerprint density at radius 1 is 1.12 bits per heavy atom. The van der Waals surface area contributed by atoms with E-state index in [0.717, 1.165) is 16.8 Å². The van der Waals surface area contributed by atoms with Crippen molar-refractivity contribution in [1.29, 1.82) is 0 Å². The van der Waals surface area contributed by atoms with Gasteiger partial charge >= 0.3 is 0 Å². The summed E-state index contributed by atoms with van der Waals surface area (Å²) in [5.74, 6) is 1.27. The molecule has 0 aliphatic carbocycles. The predicted molar refractivity (Wildman–Crippen MR) is 99.9 cm³/mol. The van der Waals surface area contributed by atoms with Crippen LogP contribution in [-0.2, 0) is 29.0 Å². The minimum atomic E-state index is -2.11. The van der Waals surface area contributed by atoms with Crippen LogP contribution < -0.4 is 19.1 Å². The summed E-state index contributed by atoms with van der Waals surface area (Å²) < 4.78 is 32.8. The molecule has 0 saturated carbocycles. The molecule has 1 unspecified atom stereocenters. The number of rotatable bonds is 6. The van der Waals surface area contributed by atoms with Gasteiger partial charge in [0.25, 0.3) is 11.3 Å². The third-order valence-corrected chi connectivity index (χ3v) is 4.69. The van der Waals surface area contributed by atoms with Crippen LogP contribution in [0.3, 0.4) is 0 Å². The second kappa shape index (κ2) is 7.76. The fourth-order valence-electron chi connectivity index (χ4n) is 3.01. The Labute approximate surface area is 154 Å². The molecule has 1 aliphatic rings. The van der Waals surface area contributed by atoms with Gasteiger partial charge in [-0.3, -0.25) is 14.1 Å². The van der Waals surface area contributed by atoms with Gasteiger partial charge in [-0.15, -0.1) is 0 Å². The third kappa shape index (κ3) is 3.81. The van der Waals surface area contributed by atoms with E-state index in [1.165, 1.54) is 0 Å². The van der Waals surface area contributed by atoms with Crippen molar-refractivity contribution in [3.63, 3.8) is 0 Å². The molecule has 2 aromatic rings. The molecule has 138 valence electrons. The highest BCUT2D eigenvalue weighted by Gasteiger charge is 2.26. The lowest BCUT2D eigenvalue weighted by molar-refractivity contribution is -0.119. The van der Waals surface area contributed by atoms with Gasteiger partial charge in [0.05, 0.1) is 26.5 Å². The van der Waals surface area contributed by atoms with Crippen LogP contribution in [0.4, 0.5) is 11.4 Å². The van der Waals surface area contributed by atoms with Crippen LogP contribution in [0.25, 0.3) is 0 Å². The summed E-state index contributed by atoms with van der Waals surface area (Å²) in [4.78, 5) is 14.2. The molecule has 26 heavy (non-hydrogen) atoms. The number of hydrogen-bond acceptors (Lipinski definition) is 4. The summed E-state index contributed by atoms with van der Waals surface area (Å²) >= 11 is -2.11. The van der Waals surface area contributed by atoms with Crippen molar-refractivity contribution in [1.82, 2.24) is 0 Å². The van der Waals surface area contributed by atoms with Gasteiger partial charge in [-0.25, -0.2) is 4.21 Å². The topological polar surface area (TPSA) is 88.1 Å². The third-order valence-electron chi connectivity index (χ3n) is 4.28. The molecule has 2 aromatic carbocycles. The van der Waals surface area contributed by atoms with Gasteiger partial charge in [-0.1, -0.05) is 12.1 Å². The minimum Gasteiger partial charge on any atom is -0.493 e. The van der Waals surface area contributed by atoms with Crippen molar-refractivity contribution < 1.29 is 23.0 Å². The van der Waals surface area contributed by atoms with Crippen molar-refractivity contribution in [3.05, 3.63) is 47.5 Å². The maximum absolute atomic E-state index is 12.5. The van der Waals surface area contributed by atoms with Crippen molar-refractivity contribution in [2.75, 3.05) is 23.8 Å². The van der Waals surface area contributed by atoms with Gasteiger partial charge in [0, 0.05) is 18.2 Å². The zero-order chi connectivity index (χ0) is 18.7. The molecule has 1 amide bonds. The number of carbonyl (C=O) groups is 1. The summed E-state index contributed by atoms with van der Waals surface area (Å²) in [6.07, 6.45) is 1.10. The molecule has 2 N–H and O–H groups in total. The second-order valence-electron chi connectivity index (χ2n) is 5.86. The zero-order valence-electron chi connectivity index (χ0n) is 14.5. The zero-order valence-corrected chi connectivity index (χ0v) is 15.3. The Balaban J connectivity index is 1.88. The van der Waals surface area contributed by atoms with E-state index in [1.807, 2.05) is 24.3 Å². The maximum Gasteiger partial charge on any atom is 0.259 e. The van der Waals surface area contributed by atoms with Gasteiger partial charge < -0.3 is 14.4 Å². The fraction of sp³-hybridized carbons (Fsp3) is 0.278. The monoisotopic (exact) mass is 376 g/mol. The van der Waals surface area contributed by atoms with E-state index in [9.17, 15) is 9.00 Å². The van der Waals surface area contributed by atoms with E-state index in [-0.39, 0.29) is 5.91 Å². The smallest absolute Gasteiger partial charge is 0.259 e. The molecule has 1 atom stereocenters. The number of hydrogen-bond donors (Lipinski definition) is 2. The maximum atomic E-state index is 12.5. The van der Waals surface area contributed by atoms with Crippen LogP contribution in [0.5, 0.6) is 11.5 Å². The first-order valence-electron chi connectivity index (χ1n) is 8.03. The SMILES string of the molecule is COc1cc2c(cc1OC)N(Cc1ccc(NS(=O)O)cc1)C(=O)CC2. The standard InChI is InChI=1S/C18H20N2O5S/c1-24-16-9-13-5-8-18(21)20(15(13)10-17(16)25-2)11-12-3-6-14(7-4-12)19-26(22)23/h3-4,6-7,9-10,19H,5,8,11H2,1-2H3,(H,22,23). The van der Waals surface area contributed by atoms with Crippen LogP contribution in [0.2, 0.25) is 0 Å². The number of anilines is 2. The normalized spacial score (nSPS) is 14.6. The van der Waals surface area contributed by atoms with Gasteiger partial charge in [-0.05, 0) is 35.7 Å². The average Bonchev–Trinajstić information content (AvgIpc) is 2.64. The molecule has 0 saturated heterocycles. The van der Waals surface area contributed by atoms with E-state index < -0.39 is 11.3 Å². The molecule has 0 aromatic heterocycles. The minimum absolute atomic E-state index is 0.0448. The van der Waals surface area contributed by atoms with Crippen LogP contribution in [-0.4, -0.2) is 28.9 Å². The van der Waals surface area contributed by atoms with Crippen molar-refractivity contribution in [3.8, 4) is 11.5 Å². The fourth-order valence-corrected chi connectivity index (χ4v) is 3.35. The first kappa shape index (κ1) is 18.2. The molecule has 8 heteroatoms. The second-order valence-corrected chi connectivity index (χ2v) is 6.57. The number of methoxy groups -OCH3 is 2. The molecule has 1 heterocycles. The summed E-state index contributed by atoms with van der Waals surface area (Å²) in [5.41, 5.74) is 3.30. The molecule has 3 rings (SSSR count). The summed E-state index contributed by atoms with van der Waals surface area (Å²) in [7, 11) is 3.15. The lowest BCUT2D eigenvalue weighted by Crippen LogP contribution is -2.34. The van der Waals surface area contributed by atoms with E-state index in [4.69, 9.17) is 14.0 Å². The molecule has 0 bridgehead atoms. The summed E-state index contributed by atoms with van der Waals surface area (Å²) in [5, 5.41) is 0. The molecule has 0 fully saturated rings. The number of nitrogens with zero attached hydrogens (tertiary/aromatic N) is 1. The number of ether oxygens (including phenoxy) is 2. The van der Waals surface area contributed by atoms with Gasteiger partial charge in [0.1, 0.15) is 0 Å². The number of benzene rings is 2. The Bertz CT molecular complexity index is 838. The van der Waals surface area contributed by atoms with E-state index in [0.29, 0.717) is 36.6 Å². The first-order valence-corrected chi connectivity index (χ1v) is 9.14. The van der Waals surface area contributed by atoms with Gasteiger partial charge in [0.2, 0.25) is 5.91 Å². The Morgan fingerprint density at radius 2 is 1.77 bits per heavy atom. The molecule has 7 nitrogen and oxygen atoms in total. The lowest BCUT2D eigenvalue weighted by Gasteiger charge is -2.30. The van der Waals surface area contributed by atoms with Crippen molar-refractivity contribution in [2.45, 2.75) is 19.4 Å². The number of fused-ring (bicyclic) bond motifs is 1. The van der Waals surface area contributed by atoms with Crippen molar-refractivity contribution >= 4 is 28.5 Å². The highest BCUT2D eigenvalue weighted by molar-refractivity contribution is 7.80. The molecule has 0 radical (unpaired) electrons. The molecular formula is C18H20N2O5S. The molecule has 0 spiro atoms. The average molecular weight is 376 g/mol. The molecule has 1 aliphatic heterocycles. The number of nitrogens with one attached hydrogen (secondary N) is 1. The van der Waals surface area contributed by atoms with Crippen LogP contribution in [0.15, 0.2) is 36.4 Å². The first-order chi connectivity index (χ1) is 12.5. The number of aryl methyl sites for hydroxylation is 1.